The molecule has 0 saturated heterocycles. The maximum absolute atomic E-state index is 4.33. The minimum atomic E-state index is 0.174. The summed E-state index contributed by atoms with van der Waals surface area (Å²) in [7, 11) is 1.85. The van der Waals surface area contributed by atoms with Gasteiger partial charge in [-0.05, 0) is 46.3 Å². The topological polar surface area (TPSA) is 48.5 Å². The number of hydrogen-bond acceptors (Lipinski definition) is 3. The second-order valence-electron chi connectivity index (χ2n) is 6.54. The summed E-state index contributed by atoms with van der Waals surface area (Å²) in [6, 6.07) is 0.572. The Morgan fingerprint density at radius 3 is 2.60 bits per heavy atom. The highest BCUT2D eigenvalue weighted by atomic mass is 32.2. The summed E-state index contributed by atoms with van der Waals surface area (Å²) in [6.45, 7) is 8.40. The number of nitrogens with one attached hydrogen (secondary N) is 3. The van der Waals surface area contributed by atoms with E-state index in [1.165, 1.54) is 25.7 Å². The van der Waals surface area contributed by atoms with E-state index in [0.29, 0.717) is 6.04 Å². The van der Waals surface area contributed by atoms with Gasteiger partial charge < -0.3 is 16.0 Å². The molecule has 20 heavy (non-hydrogen) atoms. The minimum Gasteiger partial charge on any atom is -0.355 e. The van der Waals surface area contributed by atoms with Crippen molar-refractivity contribution < 1.29 is 0 Å². The van der Waals surface area contributed by atoms with Gasteiger partial charge >= 0.3 is 0 Å². The molecular formula is C15H32N4S. The van der Waals surface area contributed by atoms with Gasteiger partial charge in [-0.1, -0.05) is 6.42 Å². The van der Waals surface area contributed by atoms with Gasteiger partial charge in [-0.2, -0.15) is 11.8 Å². The van der Waals surface area contributed by atoms with E-state index < -0.39 is 0 Å². The second-order valence-corrected chi connectivity index (χ2v) is 7.68. The number of aliphatic imine (C=N–C) groups is 1. The van der Waals surface area contributed by atoms with Gasteiger partial charge in [0.1, 0.15) is 0 Å². The average molecular weight is 301 g/mol. The fourth-order valence-corrected chi connectivity index (χ4v) is 3.32. The predicted molar refractivity (Wildman–Crippen MR) is 91.8 cm³/mol. The quantitative estimate of drug-likeness (QED) is 0.414. The van der Waals surface area contributed by atoms with Crippen molar-refractivity contribution in [2.24, 2.45) is 4.99 Å². The first kappa shape index (κ1) is 17.6. The van der Waals surface area contributed by atoms with Crippen molar-refractivity contribution in [3.8, 4) is 0 Å². The number of thioether (sulfide) groups is 1. The smallest absolute Gasteiger partial charge is 0.191 e. The highest BCUT2D eigenvalue weighted by molar-refractivity contribution is 7.99. The number of rotatable bonds is 5. The van der Waals surface area contributed by atoms with Crippen molar-refractivity contribution >= 4 is 17.7 Å². The Hall–Kier alpha value is -0.420. The van der Waals surface area contributed by atoms with Crippen LogP contribution in [0.4, 0.5) is 0 Å². The highest BCUT2D eigenvalue weighted by Gasteiger charge is 2.21. The van der Waals surface area contributed by atoms with Crippen molar-refractivity contribution in [3.63, 3.8) is 0 Å². The van der Waals surface area contributed by atoms with Gasteiger partial charge in [0.25, 0.3) is 0 Å². The molecule has 0 spiro atoms. The predicted octanol–water partition coefficient (Wildman–Crippen LogP) is 2.21. The van der Waals surface area contributed by atoms with Gasteiger partial charge in [0.2, 0.25) is 0 Å². The van der Waals surface area contributed by atoms with Gasteiger partial charge in [-0.15, -0.1) is 0 Å². The lowest BCUT2D eigenvalue weighted by Crippen LogP contribution is -2.48. The molecule has 1 aliphatic rings. The molecule has 3 N–H and O–H groups in total. The van der Waals surface area contributed by atoms with E-state index in [9.17, 15) is 0 Å². The lowest BCUT2D eigenvalue weighted by atomic mass is 9.95. The first-order valence-electron chi connectivity index (χ1n) is 7.69. The van der Waals surface area contributed by atoms with E-state index in [2.05, 4.69) is 48.0 Å². The van der Waals surface area contributed by atoms with Gasteiger partial charge in [0.15, 0.2) is 5.96 Å². The molecule has 5 heteroatoms. The first-order chi connectivity index (χ1) is 9.44. The molecule has 2 atom stereocenters. The van der Waals surface area contributed by atoms with Crippen LogP contribution in [0.1, 0.15) is 46.5 Å². The van der Waals surface area contributed by atoms with Crippen molar-refractivity contribution in [2.45, 2.75) is 63.3 Å². The lowest BCUT2D eigenvalue weighted by Gasteiger charge is -2.30. The lowest BCUT2D eigenvalue weighted by molar-refractivity contribution is 0.414. The normalized spacial score (nSPS) is 24.6. The van der Waals surface area contributed by atoms with E-state index in [-0.39, 0.29) is 5.54 Å². The maximum atomic E-state index is 4.33. The Morgan fingerprint density at radius 2 is 2.00 bits per heavy atom. The first-order valence-corrected chi connectivity index (χ1v) is 8.98. The fraction of sp³-hybridized carbons (Fsp3) is 0.933. The molecule has 1 aliphatic carbocycles. The van der Waals surface area contributed by atoms with Crippen molar-refractivity contribution in [3.05, 3.63) is 0 Å². The van der Waals surface area contributed by atoms with E-state index in [1.807, 2.05) is 18.8 Å². The van der Waals surface area contributed by atoms with E-state index in [4.69, 9.17) is 0 Å². The summed E-state index contributed by atoms with van der Waals surface area (Å²) in [4.78, 5) is 4.33. The number of nitrogens with zero attached hydrogens (tertiary/aromatic N) is 1. The SMILES string of the molecule is CN=C(NCCNC(C)(C)C)NC1CCCC(SC)C1. The Labute approximate surface area is 129 Å². The monoisotopic (exact) mass is 300 g/mol. The maximum Gasteiger partial charge on any atom is 0.191 e. The number of hydrogen-bond donors (Lipinski definition) is 3. The van der Waals surface area contributed by atoms with Gasteiger partial charge in [-0.3, -0.25) is 4.99 Å². The molecule has 1 saturated carbocycles. The summed E-state index contributed by atoms with van der Waals surface area (Å²) in [6.07, 6.45) is 7.42. The molecule has 0 radical (unpaired) electrons. The Morgan fingerprint density at radius 1 is 1.25 bits per heavy atom. The van der Waals surface area contributed by atoms with Crippen LogP contribution in [-0.4, -0.2) is 49.2 Å². The molecule has 0 aromatic heterocycles. The van der Waals surface area contributed by atoms with Crippen LogP contribution in [0.2, 0.25) is 0 Å². The third kappa shape index (κ3) is 7.39. The van der Waals surface area contributed by atoms with Crippen LogP contribution in [0.15, 0.2) is 4.99 Å². The Kier molecular flexibility index (Phi) is 7.74. The van der Waals surface area contributed by atoms with Crippen molar-refractivity contribution in [1.29, 1.82) is 0 Å². The van der Waals surface area contributed by atoms with Crippen molar-refractivity contribution in [2.75, 3.05) is 26.4 Å². The van der Waals surface area contributed by atoms with Gasteiger partial charge in [0.05, 0.1) is 0 Å². The molecule has 2 unspecified atom stereocenters. The summed E-state index contributed by atoms with van der Waals surface area (Å²) in [5, 5.41) is 11.2. The molecule has 118 valence electrons. The van der Waals surface area contributed by atoms with E-state index in [1.54, 1.807) is 0 Å². The summed E-state index contributed by atoms with van der Waals surface area (Å²) >= 11 is 2.00. The Bertz CT molecular complexity index is 299. The van der Waals surface area contributed by atoms with Crippen LogP contribution in [-0.2, 0) is 0 Å². The number of guanidine groups is 1. The van der Waals surface area contributed by atoms with Crippen LogP contribution in [0, 0.1) is 0 Å². The van der Waals surface area contributed by atoms with Crippen LogP contribution < -0.4 is 16.0 Å². The Balaban J connectivity index is 2.26. The molecule has 0 heterocycles. The summed E-state index contributed by atoms with van der Waals surface area (Å²) in [5.41, 5.74) is 0.174. The van der Waals surface area contributed by atoms with Crippen LogP contribution in [0.5, 0.6) is 0 Å². The molecule has 0 aromatic rings. The molecule has 1 fully saturated rings. The zero-order chi connectivity index (χ0) is 15.0. The summed E-state index contributed by atoms with van der Waals surface area (Å²) in [5.74, 6) is 0.937. The van der Waals surface area contributed by atoms with Gasteiger partial charge in [0, 0.05) is 37.0 Å². The zero-order valence-corrected chi connectivity index (χ0v) is 14.6. The average Bonchev–Trinajstić information content (AvgIpc) is 2.41. The molecule has 0 aliphatic heterocycles. The third-order valence-corrected chi connectivity index (χ3v) is 4.69. The molecule has 0 amide bonds. The summed E-state index contributed by atoms with van der Waals surface area (Å²) < 4.78 is 0. The highest BCUT2D eigenvalue weighted by Crippen LogP contribution is 2.26. The zero-order valence-electron chi connectivity index (χ0n) is 13.8. The second kappa shape index (κ2) is 8.78. The molecule has 0 aromatic carbocycles. The largest absolute Gasteiger partial charge is 0.355 e. The minimum absolute atomic E-state index is 0.174. The van der Waals surface area contributed by atoms with Crippen molar-refractivity contribution in [1.82, 2.24) is 16.0 Å². The van der Waals surface area contributed by atoms with Crippen LogP contribution >= 0.6 is 11.8 Å². The molecule has 0 bridgehead atoms. The van der Waals surface area contributed by atoms with Crippen LogP contribution in [0.25, 0.3) is 0 Å². The molecule has 4 nitrogen and oxygen atoms in total. The van der Waals surface area contributed by atoms with E-state index >= 15 is 0 Å². The molecule has 1 rings (SSSR count). The third-order valence-electron chi connectivity index (χ3n) is 3.60. The van der Waals surface area contributed by atoms with E-state index in [0.717, 1.165) is 24.3 Å². The standard InChI is InChI=1S/C15H32N4S/c1-15(2,3)18-10-9-17-14(16-4)19-12-7-6-8-13(11-12)20-5/h12-13,18H,6-11H2,1-5H3,(H2,16,17,19). The fourth-order valence-electron chi connectivity index (χ4n) is 2.50. The molecular weight excluding hydrogens is 268 g/mol. The van der Waals surface area contributed by atoms with Gasteiger partial charge in [-0.25, -0.2) is 0 Å². The van der Waals surface area contributed by atoms with Crippen LogP contribution in [0.3, 0.4) is 0 Å².